The molecule has 0 amide bonds. The Kier molecular flexibility index (Phi) is 7.59. The van der Waals surface area contributed by atoms with Gasteiger partial charge in [-0.2, -0.15) is 0 Å². The van der Waals surface area contributed by atoms with Crippen LogP contribution < -0.4 is 26.2 Å². The van der Waals surface area contributed by atoms with Crippen LogP contribution in [0.5, 0.6) is 0 Å². The molecule has 0 saturated carbocycles. The van der Waals surface area contributed by atoms with Gasteiger partial charge in [-0.15, -0.1) is 10.0 Å². The smallest absolute Gasteiger partial charge is 0.252 e. The first-order valence-electron chi connectivity index (χ1n) is 18.3. The summed E-state index contributed by atoms with van der Waals surface area (Å²) in [5.41, 5.74) is 12.5. The van der Waals surface area contributed by atoms with Crippen LogP contribution in [-0.4, -0.2) is 6.71 Å². The third-order valence-corrected chi connectivity index (χ3v) is 14.7. The second-order valence-corrected chi connectivity index (χ2v) is 16.9. The van der Waals surface area contributed by atoms with Crippen LogP contribution in [0.1, 0.15) is 5.56 Å². The highest BCUT2D eigenvalue weighted by molar-refractivity contribution is 8.34. The van der Waals surface area contributed by atoms with Crippen molar-refractivity contribution < 1.29 is 0 Å². The predicted molar refractivity (Wildman–Crippen MR) is 225 cm³/mol. The second-order valence-electron chi connectivity index (χ2n) is 13.8. The van der Waals surface area contributed by atoms with Crippen LogP contribution in [0, 0.1) is 6.92 Å². The summed E-state index contributed by atoms with van der Waals surface area (Å²) in [6, 6.07) is 76.5. The topological polar surface area (TPSA) is 6.48 Å². The monoisotopic (exact) mass is 696 g/mol. The Labute approximate surface area is 314 Å². The van der Waals surface area contributed by atoms with E-state index in [-0.39, 0.29) is 6.71 Å². The van der Waals surface area contributed by atoms with Gasteiger partial charge in [-0.25, -0.2) is 0 Å². The van der Waals surface area contributed by atoms with E-state index in [9.17, 15) is 0 Å². The highest BCUT2D eigenvalue weighted by Gasteiger charge is 2.44. The van der Waals surface area contributed by atoms with Crippen LogP contribution in [0.25, 0.3) is 0 Å². The minimum absolute atomic E-state index is 0.0334. The summed E-state index contributed by atoms with van der Waals surface area (Å²) in [5, 5.41) is 0. The van der Waals surface area contributed by atoms with Crippen LogP contribution in [0.3, 0.4) is 0 Å². The lowest BCUT2D eigenvalue weighted by Gasteiger charge is -2.46. The fourth-order valence-corrected chi connectivity index (χ4v) is 12.6. The lowest BCUT2D eigenvalue weighted by molar-refractivity contribution is 1.22. The van der Waals surface area contributed by atoms with Gasteiger partial charge in [0, 0.05) is 53.7 Å². The Morgan fingerprint density at radius 2 is 0.774 bits per heavy atom. The van der Waals surface area contributed by atoms with E-state index in [4.69, 9.17) is 0 Å². The molecule has 10 rings (SSSR count). The standard InChI is InChI=1S/C49H37BN2S/c1-36-33-47-49-48(34-36)52(38-21-9-3-10-22-38)46-32-31-42(35-44(46)50(49)43-29-17-18-30-45(43)51(47)37-19-7-2-8-20-37)53(39-23-11-4-12-24-39,40-25-13-5-14-26-40)41-27-15-6-16-28-41/h2-35H,1H3. The number of aryl methyl sites for hydroxylation is 1. The maximum absolute atomic E-state index is 2.57. The SMILES string of the molecule is Cc1cc2c3c(c1)N(c1ccccc1)c1ccc(S(c4ccccc4)(c4ccccc4)c4ccccc4)cc1B3c1ccccc1N2c1ccccc1. The van der Waals surface area contributed by atoms with Gasteiger partial charge >= 0.3 is 0 Å². The van der Waals surface area contributed by atoms with Gasteiger partial charge in [0.2, 0.25) is 0 Å². The molecule has 8 aromatic rings. The summed E-state index contributed by atoms with van der Waals surface area (Å²) in [4.78, 5) is 10.3. The van der Waals surface area contributed by atoms with E-state index in [0.717, 1.165) is 11.4 Å². The molecule has 252 valence electrons. The van der Waals surface area contributed by atoms with Gasteiger partial charge in [0.05, 0.1) is 0 Å². The molecule has 0 unspecified atom stereocenters. The van der Waals surface area contributed by atoms with Gasteiger partial charge in [0.25, 0.3) is 6.71 Å². The van der Waals surface area contributed by atoms with E-state index < -0.39 is 10.0 Å². The largest absolute Gasteiger partial charge is 0.311 e. The minimum Gasteiger partial charge on any atom is -0.311 e. The fourth-order valence-electron chi connectivity index (χ4n) is 8.66. The molecule has 4 heteroatoms. The van der Waals surface area contributed by atoms with E-state index >= 15 is 0 Å². The summed E-state index contributed by atoms with van der Waals surface area (Å²) in [5.74, 6) is 0. The Morgan fingerprint density at radius 1 is 0.358 bits per heavy atom. The first kappa shape index (κ1) is 31.5. The fraction of sp³-hybridized carbons (Fsp3) is 0.0204. The molecule has 0 aliphatic carbocycles. The van der Waals surface area contributed by atoms with E-state index in [1.54, 1.807) is 0 Å². The maximum atomic E-state index is 2.57. The Bertz CT molecular complexity index is 2460. The van der Waals surface area contributed by atoms with Gasteiger partial charge in [-0.05, 0) is 120 Å². The van der Waals surface area contributed by atoms with Gasteiger partial charge in [0.15, 0.2) is 0 Å². The van der Waals surface area contributed by atoms with Gasteiger partial charge < -0.3 is 9.80 Å². The van der Waals surface area contributed by atoms with Gasteiger partial charge in [-0.1, -0.05) is 115 Å². The maximum Gasteiger partial charge on any atom is 0.252 e. The normalized spacial score (nSPS) is 13.2. The van der Waals surface area contributed by atoms with Crippen molar-refractivity contribution in [2.45, 2.75) is 26.5 Å². The Morgan fingerprint density at radius 3 is 1.26 bits per heavy atom. The van der Waals surface area contributed by atoms with Crippen LogP contribution in [-0.2, 0) is 0 Å². The minimum atomic E-state index is -1.89. The van der Waals surface area contributed by atoms with Crippen LogP contribution in [0.2, 0.25) is 0 Å². The van der Waals surface area contributed by atoms with Crippen molar-refractivity contribution in [3.8, 4) is 0 Å². The number of benzene rings is 8. The summed E-state index contributed by atoms with van der Waals surface area (Å²) < 4.78 is 0. The van der Waals surface area contributed by atoms with Crippen LogP contribution in [0.4, 0.5) is 34.1 Å². The molecule has 8 aromatic carbocycles. The number of rotatable bonds is 6. The zero-order valence-electron chi connectivity index (χ0n) is 29.5. The van der Waals surface area contributed by atoms with Gasteiger partial charge in [-0.3, -0.25) is 0 Å². The van der Waals surface area contributed by atoms with E-state index in [1.165, 1.54) is 64.3 Å². The quantitative estimate of drug-likeness (QED) is 0.160. The third kappa shape index (κ3) is 4.90. The summed E-state index contributed by atoms with van der Waals surface area (Å²) >= 11 is 0. The zero-order valence-corrected chi connectivity index (χ0v) is 30.3. The lowest BCUT2D eigenvalue weighted by atomic mass is 9.33. The molecule has 2 aliphatic rings. The van der Waals surface area contributed by atoms with Crippen LogP contribution in [0.15, 0.2) is 226 Å². The average molecular weight is 697 g/mol. The van der Waals surface area contributed by atoms with E-state index in [1.807, 2.05) is 0 Å². The molecule has 2 nitrogen and oxygen atoms in total. The van der Waals surface area contributed by atoms with Crippen molar-refractivity contribution in [1.82, 2.24) is 0 Å². The number of fused-ring (bicyclic) bond motifs is 4. The summed E-state index contributed by atoms with van der Waals surface area (Å²) in [6.07, 6.45) is 0. The number of nitrogens with zero attached hydrogens (tertiary/aromatic N) is 2. The average Bonchev–Trinajstić information content (AvgIpc) is 3.23. The molecule has 0 aromatic heterocycles. The van der Waals surface area contributed by atoms with Crippen molar-refractivity contribution >= 4 is 67.3 Å². The second kappa shape index (κ2) is 12.8. The van der Waals surface area contributed by atoms with Crippen molar-refractivity contribution in [1.29, 1.82) is 0 Å². The molecular formula is C49H37BN2S. The molecule has 0 radical (unpaired) electrons. The van der Waals surface area contributed by atoms with Crippen molar-refractivity contribution in [2.75, 3.05) is 9.80 Å². The lowest BCUT2D eigenvalue weighted by Crippen LogP contribution is -2.61. The number of hydrogen-bond acceptors (Lipinski definition) is 2. The highest BCUT2D eigenvalue weighted by atomic mass is 32.3. The number of para-hydroxylation sites is 3. The molecular weight excluding hydrogens is 659 g/mol. The molecule has 0 atom stereocenters. The number of hydrogen-bond donors (Lipinski definition) is 0. The molecule has 2 aliphatic heterocycles. The van der Waals surface area contributed by atoms with E-state index in [0.29, 0.717) is 0 Å². The van der Waals surface area contributed by atoms with Crippen molar-refractivity contribution in [2.24, 2.45) is 0 Å². The highest BCUT2D eigenvalue weighted by Crippen LogP contribution is 2.73. The molecule has 53 heavy (non-hydrogen) atoms. The number of anilines is 6. The van der Waals surface area contributed by atoms with Crippen molar-refractivity contribution in [3.63, 3.8) is 0 Å². The first-order chi connectivity index (χ1) is 26.2. The van der Waals surface area contributed by atoms with Crippen LogP contribution >= 0.6 is 10.0 Å². The first-order valence-corrected chi connectivity index (χ1v) is 19.9. The molecule has 0 bridgehead atoms. The Balaban J connectivity index is 1.32. The Hall–Kier alpha value is -6.23. The molecule has 2 heterocycles. The van der Waals surface area contributed by atoms with E-state index in [2.05, 4.69) is 223 Å². The molecule has 0 N–H and O–H groups in total. The summed E-state index contributed by atoms with van der Waals surface area (Å²) in [7, 11) is -1.89. The van der Waals surface area contributed by atoms with Crippen molar-refractivity contribution in [3.05, 3.63) is 212 Å². The third-order valence-electron chi connectivity index (χ3n) is 10.8. The zero-order chi connectivity index (χ0) is 35.4. The molecule has 0 fully saturated rings. The molecule has 0 saturated heterocycles. The molecule has 0 spiro atoms. The predicted octanol–water partition coefficient (Wildman–Crippen LogP) is 11.4. The van der Waals surface area contributed by atoms with Gasteiger partial charge in [0.1, 0.15) is 0 Å². The summed E-state index contributed by atoms with van der Waals surface area (Å²) in [6.45, 7) is 2.26.